The van der Waals surface area contributed by atoms with Crippen LogP contribution >= 0.6 is 11.3 Å². The Morgan fingerprint density at radius 1 is 1.10 bits per heavy atom. The number of nitrogens with one attached hydrogen (secondary N) is 1. The van der Waals surface area contributed by atoms with Crippen molar-refractivity contribution in [3.8, 4) is 0 Å². The number of hydrogen-bond acceptors (Lipinski definition) is 4. The van der Waals surface area contributed by atoms with Gasteiger partial charge in [0, 0.05) is 10.4 Å². The Balaban J connectivity index is 1.25. The quantitative estimate of drug-likeness (QED) is 0.688. The lowest BCUT2D eigenvalue weighted by Gasteiger charge is -2.32. The third kappa shape index (κ3) is 3.79. The summed E-state index contributed by atoms with van der Waals surface area (Å²) in [5.41, 5.74) is 2.46. The minimum Gasteiger partial charge on any atom is -0.330 e. The molecule has 1 aromatic carbocycles. The Bertz CT molecular complexity index is 1110. The van der Waals surface area contributed by atoms with Crippen LogP contribution < -0.4 is 10.5 Å². The number of piperazine rings is 1. The fourth-order valence-corrected chi connectivity index (χ4v) is 5.89. The van der Waals surface area contributed by atoms with E-state index >= 15 is 0 Å². The van der Waals surface area contributed by atoms with Crippen molar-refractivity contribution in [1.82, 2.24) is 14.5 Å². The molecule has 0 bridgehead atoms. The molecule has 1 N–H and O–H groups in total. The number of benzene rings is 1. The number of carbonyl (C=O) groups is 1. The molecule has 0 atom stereocenters. The van der Waals surface area contributed by atoms with Crippen LogP contribution in [0.5, 0.6) is 0 Å². The minimum absolute atomic E-state index is 0.0149. The summed E-state index contributed by atoms with van der Waals surface area (Å²) in [6.45, 7) is 4.42. The maximum atomic E-state index is 13.1. The van der Waals surface area contributed by atoms with E-state index in [0.717, 1.165) is 62.2 Å². The van der Waals surface area contributed by atoms with Crippen molar-refractivity contribution in [3.63, 3.8) is 0 Å². The van der Waals surface area contributed by atoms with Gasteiger partial charge in [-0.2, -0.15) is 0 Å². The molecule has 3 heterocycles. The highest BCUT2D eigenvalue weighted by Crippen LogP contribution is 2.33. The van der Waals surface area contributed by atoms with Crippen LogP contribution in [0.2, 0.25) is 0 Å². The molecule has 1 amide bonds. The molecule has 0 unspecified atom stereocenters. The molecule has 30 heavy (non-hydrogen) atoms. The first-order chi connectivity index (χ1) is 14.7. The van der Waals surface area contributed by atoms with Crippen LogP contribution in [0.1, 0.15) is 28.8 Å². The first kappa shape index (κ1) is 19.5. The van der Waals surface area contributed by atoms with Crippen molar-refractivity contribution < 1.29 is 9.69 Å². The molecule has 1 aliphatic carbocycles. The minimum atomic E-state index is -0.0545. The molecular formula is C23H27N4O2S+. The molecule has 5 rings (SSSR count). The molecule has 7 heteroatoms. The van der Waals surface area contributed by atoms with Crippen LogP contribution in [-0.2, 0) is 30.7 Å². The molecule has 6 nitrogen and oxygen atoms in total. The van der Waals surface area contributed by atoms with E-state index < -0.39 is 0 Å². The summed E-state index contributed by atoms with van der Waals surface area (Å²) >= 11 is 1.65. The van der Waals surface area contributed by atoms with Gasteiger partial charge in [-0.15, -0.1) is 11.3 Å². The largest absolute Gasteiger partial charge is 0.330 e. The van der Waals surface area contributed by atoms with Gasteiger partial charge in [0.25, 0.3) is 5.56 Å². The second-order valence-electron chi connectivity index (χ2n) is 8.36. The normalized spacial score (nSPS) is 17.3. The number of aromatic nitrogens is 2. The Morgan fingerprint density at radius 2 is 1.87 bits per heavy atom. The first-order valence-electron chi connectivity index (χ1n) is 10.8. The molecule has 1 fully saturated rings. The van der Waals surface area contributed by atoms with Crippen LogP contribution in [0.15, 0.2) is 41.5 Å². The molecule has 156 valence electrons. The molecule has 2 aromatic heterocycles. The summed E-state index contributed by atoms with van der Waals surface area (Å²) in [6.07, 6.45) is 5.87. The van der Waals surface area contributed by atoms with Crippen molar-refractivity contribution in [3.05, 3.63) is 63.0 Å². The molecule has 0 radical (unpaired) electrons. The summed E-state index contributed by atoms with van der Waals surface area (Å²) < 4.78 is 1.51. The van der Waals surface area contributed by atoms with Gasteiger partial charge >= 0.3 is 0 Å². The van der Waals surface area contributed by atoms with E-state index in [4.69, 9.17) is 0 Å². The number of quaternary nitrogens is 1. The number of aryl methyl sites for hydroxylation is 2. The Kier molecular flexibility index (Phi) is 5.39. The van der Waals surface area contributed by atoms with Crippen LogP contribution in [0.25, 0.3) is 10.2 Å². The van der Waals surface area contributed by atoms with Gasteiger partial charge in [0.1, 0.15) is 17.9 Å². The maximum Gasteiger partial charge on any atom is 0.262 e. The predicted octanol–water partition coefficient (Wildman–Crippen LogP) is 1.26. The molecule has 2 aliphatic rings. The number of thiophene rings is 1. The van der Waals surface area contributed by atoms with Gasteiger partial charge < -0.3 is 9.80 Å². The topological polar surface area (TPSA) is 59.6 Å². The third-order valence-electron chi connectivity index (χ3n) is 6.37. The average molecular weight is 424 g/mol. The highest BCUT2D eigenvalue weighted by Gasteiger charge is 2.25. The first-order valence-corrected chi connectivity index (χ1v) is 11.7. The maximum absolute atomic E-state index is 13.1. The predicted molar refractivity (Wildman–Crippen MR) is 118 cm³/mol. The molecule has 3 aromatic rings. The summed E-state index contributed by atoms with van der Waals surface area (Å²) in [7, 11) is 0. The van der Waals surface area contributed by atoms with Gasteiger partial charge in [-0.3, -0.25) is 14.2 Å². The fourth-order valence-electron chi connectivity index (χ4n) is 4.67. The number of hydrogen-bond donors (Lipinski definition) is 1. The van der Waals surface area contributed by atoms with Crippen molar-refractivity contribution in [2.75, 3.05) is 26.2 Å². The number of carbonyl (C=O) groups excluding carboxylic acids is 1. The zero-order chi connectivity index (χ0) is 20.5. The summed E-state index contributed by atoms with van der Waals surface area (Å²) in [6, 6.07) is 10.5. The SMILES string of the molecule is O=C(Cn1cnc2sc3c(c2c1=O)CCCC3)N1CC[NH+](Cc2ccccc2)CC1. The van der Waals surface area contributed by atoms with E-state index in [2.05, 4.69) is 29.2 Å². The monoisotopic (exact) mass is 423 g/mol. The van der Waals surface area contributed by atoms with Gasteiger partial charge in [-0.25, -0.2) is 4.98 Å². The smallest absolute Gasteiger partial charge is 0.262 e. The van der Waals surface area contributed by atoms with Gasteiger partial charge in [0.2, 0.25) is 5.91 Å². The standard InChI is InChI=1S/C23H26N4O2S/c28-20(26-12-10-25(11-13-26)14-17-6-2-1-3-7-17)15-27-16-24-22-21(23(27)29)18-8-4-5-9-19(18)30-22/h1-3,6-7,16H,4-5,8-15H2/p+1. The summed E-state index contributed by atoms with van der Waals surface area (Å²) in [5, 5.41) is 0.752. The summed E-state index contributed by atoms with van der Waals surface area (Å²) in [5.74, 6) is 0.0149. The Morgan fingerprint density at radius 3 is 2.67 bits per heavy atom. The summed E-state index contributed by atoms with van der Waals surface area (Å²) in [4.78, 5) is 36.0. The number of nitrogens with zero attached hydrogens (tertiary/aromatic N) is 3. The number of fused-ring (bicyclic) bond motifs is 3. The average Bonchev–Trinajstić information content (AvgIpc) is 3.16. The second-order valence-corrected chi connectivity index (χ2v) is 9.45. The van der Waals surface area contributed by atoms with Gasteiger partial charge in [0.05, 0.1) is 37.9 Å². The van der Waals surface area contributed by atoms with Crippen LogP contribution in [0.4, 0.5) is 0 Å². The van der Waals surface area contributed by atoms with E-state index in [-0.39, 0.29) is 18.0 Å². The molecule has 1 aliphatic heterocycles. The Labute approximate surface area is 179 Å². The number of rotatable bonds is 4. The van der Waals surface area contributed by atoms with E-state index in [9.17, 15) is 9.59 Å². The van der Waals surface area contributed by atoms with Crippen molar-refractivity contribution in [1.29, 1.82) is 0 Å². The van der Waals surface area contributed by atoms with E-state index in [1.54, 1.807) is 17.7 Å². The fraction of sp³-hybridized carbons (Fsp3) is 0.435. The zero-order valence-electron chi connectivity index (χ0n) is 17.1. The highest BCUT2D eigenvalue weighted by molar-refractivity contribution is 7.18. The van der Waals surface area contributed by atoms with E-state index in [1.165, 1.54) is 31.9 Å². The molecule has 0 spiro atoms. The van der Waals surface area contributed by atoms with E-state index in [1.807, 2.05) is 11.0 Å². The van der Waals surface area contributed by atoms with Crippen molar-refractivity contribution in [2.24, 2.45) is 0 Å². The van der Waals surface area contributed by atoms with Crippen molar-refractivity contribution in [2.45, 2.75) is 38.8 Å². The Hall–Kier alpha value is -2.51. The molecular weight excluding hydrogens is 396 g/mol. The van der Waals surface area contributed by atoms with Gasteiger partial charge in [0.15, 0.2) is 0 Å². The van der Waals surface area contributed by atoms with Crippen LogP contribution in [-0.4, -0.2) is 46.5 Å². The molecule has 1 saturated heterocycles. The lowest BCUT2D eigenvalue weighted by atomic mass is 9.97. The highest BCUT2D eigenvalue weighted by atomic mass is 32.1. The number of amides is 1. The molecule has 0 saturated carbocycles. The van der Waals surface area contributed by atoms with Gasteiger partial charge in [-0.1, -0.05) is 30.3 Å². The van der Waals surface area contributed by atoms with Crippen molar-refractivity contribution >= 4 is 27.5 Å². The van der Waals surface area contributed by atoms with Gasteiger partial charge in [-0.05, 0) is 31.2 Å². The second kappa shape index (κ2) is 8.32. The van der Waals surface area contributed by atoms with Crippen LogP contribution in [0, 0.1) is 0 Å². The van der Waals surface area contributed by atoms with E-state index in [0.29, 0.717) is 0 Å². The lowest BCUT2D eigenvalue weighted by molar-refractivity contribution is -0.917. The lowest BCUT2D eigenvalue weighted by Crippen LogP contribution is -3.13. The van der Waals surface area contributed by atoms with Crippen LogP contribution in [0.3, 0.4) is 0 Å². The third-order valence-corrected chi connectivity index (χ3v) is 7.57. The zero-order valence-corrected chi connectivity index (χ0v) is 17.9.